The molecule has 4 rings (SSSR count). The van der Waals surface area contributed by atoms with E-state index in [1.54, 1.807) is 0 Å². The van der Waals surface area contributed by atoms with Crippen LogP contribution in [0.1, 0.15) is 24.2 Å². The van der Waals surface area contributed by atoms with Crippen molar-refractivity contribution in [1.29, 1.82) is 0 Å². The highest BCUT2D eigenvalue weighted by atomic mass is 15.3. The van der Waals surface area contributed by atoms with Crippen LogP contribution in [-0.2, 0) is 0 Å². The van der Waals surface area contributed by atoms with Gasteiger partial charge in [-0.2, -0.15) is 0 Å². The normalized spacial score (nSPS) is 13.4. The molecule has 0 amide bonds. The van der Waals surface area contributed by atoms with Crippen LogP contribution >= 0.6 is 0 Å². The summed E-state index contributed by atoms with van der Waals surface area (Å²) in [5.41, 5.74) is 7.54. The lowest BCUT2D eigenvalue weighted by atomic mass is 10.1. The van der Waals surface area contributed by atoms with Crippen LogP contribution in [0, 0.1) is 13.8 Å². The van der Waals surface area contributed by atoms with E-state index in [1.165, 1.54) is 16.6 Å². The molecule has 0 saturated carbocycles. The molecule has 0 saturated heterocycles. The summed E-state index contributed by atoms with van der Waals surface area (Å²) in [6, 6.07) is 12.7. The van der Waals surface area contributed by atoms with Crippen LogP contribution in [0.25, 0.3) is 33.1 Å². The van der Waals surface area contributed by atoms with Gasteiger partial charge in [0, 0.05) is 5.39 Å². The van der Waals surface area contributed by atoms with E-state index in [0.717, 1.165) is 27.6 Å². The van der Waals surface area contributed by atoms with Crippen molar-refractivity contribution in [1.82, 2.24) is 19.4 Å². The summed E-state index contributed by atoms with van der Waals surface area (Å²) < 4.78 is 2.28. The van der Waals surface area contributed by atoms with Gasteiger partial charge in [-0.05, 0) is 64.2 Å². The smallest absolute Gasteiger partial charge is 0.161 e. The first kappa shape index (κ1) is 15.1. The summed E-state index contributed by atoms with van der Waals surface area (Å²) in [5.74, 6) is 0. The van der Waals surface area contributed by atoms with Crippen LogP contribution in [0.5, 0.6) is 0 Å². The third-order valence-electron chi connectivity index (χ3n) is 5.03. The maximum Gasteiger partial charge on any atom is 0.161 e. The lowest BCUT2D eigenvalue weighted by Crippen LogP contribution is -2.22. The Hall–Kier alpha value is -2.46. The molecule has 4 heteroatoms. The maximum atomic E-state index is 4.99. The highest BCUT2D eigenvalue weighted by Crippen LogP contribution is 2.31. The summed E-state index contributed by atoms with van der Waals surface area (Å²) in [6.45, 7) is 6.44. The molecule has 1 atom stereocenters. The molecular formula is C20H22N4. The van der Waals surface area contributed by atoms with Crippen molar-refractivity contribution >= 4 is 33.1 Å². The second-order valence-electron chi connectivity index (χ2n) is 6.80. The number of nitrogens with zero attached hydrogens (tertiary/aromatic N) is 4. The molecule has 2 aromatic heterocycles. The first-order valence-electron chi connectivity index (χ1n) is 8.31. The molecule has 122 valence electrons. The summed E-state index contributed by atoms with van der Waals surface area (Å²) in [5, 5.41) is 1.16. The van der Waals surface area contributed by atoms with E-state index < -0.39 is 0 Å². The van der Waals surface area contributed by atoms with Crippen LogP contribution in [0.3, 0.4) is 0 Å². The van der Waals surface area contributed by atoms with Crippen LogP contribution < -0.4 is 0 Å². The molecule has 2 heterocycles. The number of fused-ring (bicyclic) bond motifs is 4. The van der Waals surface area contributed by atoms with Gasteiger partial charge in [-0.3, -0.25) is 4.90 Å². The summed E-state index contributed by atoms with van der Waals surface area (Å²) in [4.78, 5) is 12.2. The average molecular weight is 318 g/mol. The van der Waals surface area contributed by atoms with Gasteiger partial charge in [0.1, 0.15) is 5.52 Å². The van der Waals surface area contributed by atoms with Crippen molar-refractivity contribution < 1.29 is 0 Å². The number of rotatable bonds is 2. The molecule has 0 aliphatic carbocycles. The molecule has 0 aliphatic heterocycles. The lowest BCUT2D eigenvalue weighted by Gasteiger charge is -2.23. The molecule has 0 radical (unpaired) electrons. The van der Waals surface area contributed by atoms with Gasteiger partial charge in [0.25, 0.3) is 0 Å². The zero-order valence-electron chi connectivity index (χ0n) is 14.8. The molecule has 0 spiro atoms. The van der Waals surface area contributed by atoms with Crippen molar-refractivity contribution in [3.8, 4) is 0 Å². The van der Waals surface area contributed by atoms with E-state index in [0.29, 0.717) is 0 Å². The molecule has 4 nitrogen and oxygen atoms in total. The van der Waals surface area contributed by atoms with Crippen LogP contribution in [0.15, 0.2) is 36.4 Å². The Labute approximate surface area is 141 Å². The zero-order valence-corrected chi connectivity index (χ0v) is 14.8. The average Bonchev–Trinajstić information content (AvgIpc) is 2.87. The van der Waals surface area contributed by atoms with Gasteiger partial charge in [0.05, 0.1) is 22.7 Å². The number of hydrogen-bond donors (Lipinski definition) is 0. The Morgan fingerprint density at radius 1 is 0.958 bits per heavy atom. The first-order valence-corrected chi connectivity index (χ1v) is 8.31. The summed E-state index contributed by atoms with van der Waals surface area (Å²) in [6.07, 6.45) is 0.200. The number of para-hydroxylation sites is 1. The molecule has 0 fully saturated rings. The number of aryl methyl sites for hydroxylation is 2. The predicted octanol–water partition coefficient (Wildman–Crippen LogP) is 4.43. The van der Waals surface area contributed by atoms with Crippen molar-refractivity contribution in [3.63, 3.8) is 0 Å². The number of benzene rings is 2. The quantitative estimate of drug-likeness (QED) is 0.548. The molecular weight excluding hydrogens is 296 g/mol. The highest BCUT2D eigenvalue weighted by Gasteiger charge is 2.19. The van der Waals surface area contributed by atoms with Crippen molar-refractivity contribution in [2.45, 2.75) is 26.9 Å². The van der Waals surface area contributed by atoms with E-state index in [9.17, 15) is 0 Å². The van der Waals surface area contributed by atoms with E-state index in [1.807, 2.05) is 0 Å². The Morgan fingerprint density at radius 2 is 1.58 bits per heavy atom. The molecule has 0 bridgehead atoms. The van der Waals surface area contributed by atoms with Gasteiger partial charge in [0.15, 0.2) is 5.65 Å². The fourth-order valence-corrected chi connectivity index (χ4v) is 3.26. The van der Waals surface area contributed by atoms with Crippen molar-refractivity contribution in [3.05, 3.63) is 47.5 Å². The van der Waals surface area contributed by atoms with E-state index in [-0.39, 0.29) is 6.17 Å². The van der Waals surface area contributed by atoms with E-state index >= 15 is 0 Å². The fraction of sp³-hybridized carbons (Fsp3) is 0.300. The molecule has 4 aromatic rings. The van der Waals surface area contributed by atoms with Crippen LogP contribution in [-0.4, -0.2) is 33.5 Å². The van der Waals surface area contributed by atoms with Gasteiger partial charge in [0.2, 0.25) is 0 Å². The van der Waals surface area contributed by atoms with E-state index in [4.69, 9.17) is 9.97 Å². The van der Waals surface area contributed by atoms with Gasteiger partial charge in [-0.1, -0.05) is 18.2 Å². The molecule has 0 aliphatic rings. The van der Waals surface area contributed by atoms with Gasteiger partial charge >= 0.3 is 0 Å². The SMILES string of the molecule is Cc1cc2nc3c4ccccc4n(C(C)N(C)C)c3nc2cc1C. The Bertz CT molecular complexity index is 1080. The topological polar surface area (TPSA) is 34.0 Å². The molecule has 1 unspecified atom stereocenters. The van der Waals surface area contributed by atoms with Gasteiger partial charge in [-0.25, -0.2) is 9.97 Å². The van der Waals surface area contributed by atoms with Crippen LogP contribution in [0.2, 0.25) is 0 Å². The second kappa shape index (κ2) is 5.28. The highest BCUT2D eigenvalue weighted by molar-refractivity contribution is 6.06. The minimum atomic E-state index is 0.200. The fourth-order valence-electron chi connectivity index (χ4n) is 3.26. The van der Waals surface area contributed by atoms with Gasteiger partial charge in [-0.15, -0.1) is 0 Å². The third kappa shape index (κ3) is 2.10. The lowest BCUT2D eigenvalue weighted by molar-refractivity contribution is 0.249. The Kier molecular flexibility index (Phi) is 3.32. The standard InChI is InChI=1S/C20H22N4/c1-12-10-16-17(11-13(12)2)22-20-19(21-16)15-8-6-7-9-18(15)24(20)14(3)23(4)5/h6-11,14H,1-5H3. The minimum absolute atomic E-state index is 0.200. The Morgan fingerprint density at radius 3 is 2.25 bits per heavy atom. The van der Waals surface area contributed by atoms with Crippen molar-refractivity contribution in [2.75, 3.05) is 14.1 Å². The maximum absolute atomic E-state index is 4.99. The second-order valence-corrected chi connectivity index (χ2v) is 6.80. The molecule has 0 N–H and O–H groups in total. The third-order valence-corrected chi connectivity index (χ3v) is 5.03. The van der Waals surface area contributed by atoms with Crippen molar-refractivity contribution in [2.24, 2.45) is 0 Å². The number of hydrogen-bond acceptors (Lipinski definition) is 3. The van der Waals surface area contributed by atoms with Gasteiger partial charge < -0.3 is 4.57 Å². The molecule has 24 heavy (non-hydrogen) atoms. The first-order chi connectivity index (χ1) is 11.5. The monoisotopic (exact) mass is 318 g/mol. The van der Waals surface area contributed by atoms with Crippen LogP contribution in [0.4, 0.5) is 0 Å². The predicted molar refractivity (Wildman–Crippen MR) is 100 cm³/mol. The summed E-state index contributed by atoms with van der Waals surface area (Å²) in [7, 11) is 4.18. The zero-order chi connectivity index (χ0) is 17.0. The summed E-state index contributed by atoms with van der Waals surface area (Å²) >= 11 is 0. The Balaban J connectivity index is 2.19. The number of aromatic nitrogens is 3. The van der Waals surface area contributed by atoms with E-state index in [2.05, 4.69) is 80.7 Å². The minimum Gasteiger partial charge on any atom is -0.308 e. The largest absolute Gasteiger partial charge is 0.308 e. The molecule has 2 aromatic carbocycles.